The highest BCUT2D eigenvalue weighted by Gasteiger charge is 1.99. The van der Waals surface area contributed by atoms with Crippen LogP contribution in [0.25, 0.3) is 11.0 Å². The lowest BCUT2D eigenvalue weighted by atomic mass is 10.3. The Bertz CT molecular complexity index is 355. The lowest BCUT2D eigenvalue weighted by Gasteiger charge is -1.88. The van der Waals surface area contributed by atoms with Crippen molar-refractivity contribution in [3.05, 3.63) is 18.5 Å². The molecule has 0 aliphatic heterocycles. The molecule has 0 atom stereocenters. The van der Waals surface area contributed by atoms with Crippen molar-refractivity contribution in [3.63, 3.8) is 0 Å². The SMILES string of the molecule is Nc1ccnc2nocc12. The Labute approximate surface area is 56.6 Å². The molecule has 2 rings (SSSR count). The first-order chi connectivity index (χ1) is 4.88. The fourth-order valence-corrected chi connectivity index (χ4v) is 0.799. The van der Waals surface area contributed by atoms with E-state index in [2.05, 4.69) is 14.7 Å². The monoisotopic (exact) mass is 135 g/mol. The quantitative estimate of drug-likeness (QED) is 0.580. The Balaban J connectivity index is 2.95. The second-order valence-corrected chi connectivity index (χ2v) is 1.95. The summed E-state index contributed by atoms with van der Waals surface area (Å²) in [5, 5.41) is 4.38. The number of rotatable bonds is 0. The number of anilines is 1. The number of hydrogen-bond donors (Lipinski definition) is 1. The van der Waals surface area contributed by atoms with Gasteiger partial charge in [0.25, 0.3) is 0 Å². The van der Waals surface area contributed by atoms with Gasteiger partial charge in [0.05, 0.1) is 5.39 Å². The molecule has 0 fully saturated rings. The molecule has 2 aromatic rings. The topological polar surface area (TPSA) is 64.9 Å². The molecule has 0 radical (unpaired) electrons. The third-order valence-electron chi connectivity index (χ3n) is 1.31. The Morgan fingerprint density at radius 1 is 1.50 bits per heavy atom. The van der Waals surface area contributed by atoms with Gasteiger partial charge in [0.2, 0.25) is 5.65 Å². The van der Waals surface area contributed by atoms with Crippen LogP contribution in [0.5, 0.6) is 0 Å². The van der Waals surface area contributed by atoms with E-state index in [0.29, 0.717) is 11.3 Å². The fourth-order valence-electron chi connectivity index (χ4n) is 0.799. The molecular formula is C6H5N3O. The highest BCUT2D eigenvalue weighted by molar-refractivity contribution is 5.85. The van der Waals surface area contributed by atoms with E-state index >= 15 is 0 Å². The zero-order valence-corrected chi connectivity index (χ0v) is 5.11. The Morgan fingerprint density at radius 3 is 3.20 bits per heavy atom. The lowest BCUT2D eigenvalue weighted by Crippen LogP contribution is -1.85. The molecule has 4 nitrogen and oxygen atoms in total. The Morgan fingerprint density at radius 2 is 2.40 bits per heavy atom. The van der Waals surface area contributed by atoms with Crippen LogP contribution in [0.15, 0.2) is 23.0 Å². The van der Waals surface area contributed by atoms with Crippen LogP contribution in [0.1, 0.15) is 0 Å². The molecule has 0 aliphatic rings. The fraction of sp³-hybridized carbons (Fsp3) is 0. The van der Waals surface area contributed by atoms with Gasteiger partial charge in [-0.1, -0.05) is 5.16 Å². The first-order valence-corrected chi connectivity index (χ1v) is 2.82. The van der Waals surface area contributed by atoms with Gasteiger partial charge in [0.15, 0.2) is 0 Å². The molecule has 10 heavy (non-hydrogen) atoms. The predicted octanol–water partition coefficient (Wildman–Crippen LogP) is 0.805. The summed E-state index contributed by atoms with van der Waals surface area (Å²) < 4.78 is 4.65. The van der Waals surface area contributed by atoms with Crippen LogP contribution >= 0.6 is 0 Å². The van der Waals surface area contributed by atoms with E-state index in [4.69, 9.17) is 5.73 Å². The average Bonchev–Trinajstić information content (AvgIpc) is 2.36. The van der Waals surface area contributed by atoms with Crippen molar-refractivity contribution in [2.24, 2.45) is 0 Å². The first-order valence-electron chi connectivity index (χ1n) is 2.82. The predicted molar refractivity (Wildman–Crippen MR) is 36.2 cm³/mol. The van der Waals surface area contributed by atoms with Gasteiger partial charge in [-0.2, -0.15) is 0 Å². The van der Waals surface area contributed by atoms with Gasteiger partial charge in [-0.05, 0) is 6.07 Å². The van der Waals surface area contributed by atoms with Gasteiger partial charge < -0.3 is 10.3 Å². The molecular weight excluding hydrogens is 130 g/mol. The summed E-state index contributed by atoms with van der Waals surface area (Å²) in [6, 6.07) is 1.71. The second-order valence-electron chi connectivity index (χ2n) is 1.95. The van der Waals surface area contributed by atoms with Gasteiger partial charge in [-0.3, -0.25) is 0 Å². The molecule has 2 aromatic heterocycles. The van der Waals surface area contributed by atoms with E-state index < -0.39 is 0 Å². The van der Waals surface area contributed by atoms with E-state index in [0.717, 1.165) is 5.39 Å². The molecule has 0 aromatic carbocycles. The third-order valence-corrected chi connectivity index (χ3v) is 1.31. The minimum Gasteiger partial charge on any atom is -0.398 e. The van der Waals surface area contributed by atoms with Gasteiger partial charge >= 0.3 is 0 Å². The smallest absolute Gasteiger partial charge is 0.204 e. The van der Waals surface area contributed by atoms with Crippen molar-refractivity contribution >= 4 is 16.7 Å². The maximum absolute atomic E-state index is 5.56. The number of fused-ring (bicyclic) bond motifs is 1. The van der Waals surface area contributed by atoms with Crippen LogP contribution in [0.2, 0.25) is 0 Å². The number of aromatic nitrogens is 2. The molecule has 0 saturated heterocycles. The van der Waals surface area contributed by atoms with Gasteiger partial charge in [0.1, 0.15) is 6.26 Å². The van der Waals surface area contributed by atoms with Crippen LogP contribution in [-0.2, 0) is 0 Å². The Kier molecular flexibility index (Phi) is 0.887. The number of nitrogens with two attached hydrogens (primary N) is 1. The molecule has 0 spiro atoms. The van der Waals surface area contributed by atoms with Crippen molar-refractivity contribution < 1.29 is 4.52 Å². The third kappa shape index (κ3) is 0.556. The second kappa shape index (κ2) is 1.70. The van der Waals surface area contributed by atoms with Crippen LogP contribution in [0.4, 0.5) is 5.69 Å². The number of hydrogen-bond acceptors (Lipinski definition) is 4. The maximum Gasteiger partial charge on any atom is 0.204 e. The lowest BCUT2D eigenvalue weighted by molar-refractivity contribution is 0.427. The van der Waals surface area contributed by atoms with Crippen LogP contribution in [0.3, 0.4) is 0 Å². The summed E-state index contributed by atoms with van der Waals surface area (Å²) in [5.74, 6) is 0. The van der Waals surface area contributed by atoms with Gasteiger partial charge in [-0.25, -0.2) is 4.98 Å². The van der Waals surface area contributed by atoms with Crippen molar-refractivity contribution in [1.82, 2.24) is 10.1 Å². The minimum absolute atomic E-state index is 0.556. The first kappa shape index (κ1) is 5.22. The summed E-state index contributed by atoms with van der Waals surface area (Å²) in [6.07, 6.45) is 3.08. The van der Waals surface area contributed by atoms with Crippen molar-refractivity contribution in [3.8, 4) is 0 Å². The van der Waals surface area contributed by atoms with E-state index in [9.17, 15) is 0 Å². The minimum atomic E-state index is 0.556. The van der Waals surface area contributed by atoms with Crippen molar-refractivity contribution in [1.29, 1.82) is 0 Å². The molecule has 0 amide bonds. The average molecular weight is 135 g/mol. The molecule has 0 unspecified atom stereocenters. The van der Waals surface area contributed by atoms with Crippen molar-refractivity contribution in [2.75, 3.05) is 5.73 Å². The summed E-state index contributed by atoms with van der Waals surface area (Å²) in [7, 11) is 0. The molecule has 0 aliphatic carbocycles. The Hall–Kier alpha value is -1.58. The number of nitrogen functional groups attached to an aromatic ring is 1. The van der Waals surface area contributed by atoms with Crippen LogP contribution < -0.4 is 5.73 Å². The summed E-state index contributed by atoms with van der Waals surface area (Å²) in [5.41, 5.74) is 6.76. The molecule has 0 saturated carbocycles. The maximum atomic E-state index is 5.56. The zero-order valence-electron chi connectivity index (χ0n) is 5.11. The zero-order chi connectivity index (χ0) is 6.97. The standard InChI is InChI=1S/C6H5N3O/c7-5-1-2-8-6-4(5)3-10-9-6/h1-3H,7H2. The van der Waals surface area contributed by atoms with Crippen molar-refractivity contribution in [2.45, 2.75) is 0 Å². The summed E-state index contributed by atoms with van der Waals surface area (Å²) in [4.78, 5) is 3.92. The molecule has 50 valence electrons. The highest BCUT2D eigenvalue weighted by atomic mass is 16.5. The summed E-state index contributed by atoms with van der Waals surface area (Å²) >= 11 is 0. The largest absolute Gasteiger partial charge is 0.398 e. The normalized spacial score (nSPS) is 10.4. The summed E-state index contributed by atoms with van der Waals surface area (Å²) in [6.45, 7) is 0. The van der Waals surface area contributed by atoms with E-state index in [1.807, 2.05) is 0 Å². The van der Waals surface area contributed by atoms with Crippen LogP contribution in [-0.4, -0.2) is 10.1 Å². The van der Waals surface area contributed by atoms with E-state index in [-0.39, 0.29) is 0 Å². The van der Waals surface area contributed by atoms with E-state index in [1.165, 1.54) is 6.26 Å². The van der Waals surface area contributed by atoms with Gasteiger partial charge in [-0.15, -0.1) is 0 Å². The van der Waals surface area contributed by atoms with Crippen LogP contribution in [0, 0.1) is 0 Å². The molecule has 0 bridgehead atoms. The number of pyridine rings is 1. The molecule has 4 heteroatoms. The molecule has 2 N–H and O–H groups in total. The number of nitrogens with zero attached hydrogens (tertiary/aromatic N) is 2. The molecule has 2 heterocycles. The van der Waals surface area contributed by atoms with Gasteiger partial charge in [0, 0.05) is 11.9 Å². The van der Waals surface area contributed by atoms with E-state index in [1.54, 1.807) is 12.3 Å². The highest BCUT2D eigenvalue weighted by Crippen LogP contribution is 2.15.